The Hall–Kier alpha value is -0.530. The summed E-state index contributed by atoms with van der Waals surface area (Å²) in [7, 11) is 0. The number of carboxylic acid groups (broad SMARTS) is 1. The molecule has 0 heterocycles. The molecule has 1 rings (SSSR count). The molecule has 1 aliphatic rings. The number of carboxylic acids is 1. The summed E-state index contributed by atoms with van der Waals surface area (Å²) in [6.07, 6.45) is 18.8. The number of rotatable bonds is 15. The van der Waals surface area contributed by atoms with Crippen molar-refractivity contribution in [2.24, 2.45) is 11.8 Å². The van der Waals surface area contributed by atoms with Crippen LogP contribution in [0.4, 0.5) is 0 Å². The Bertz CT molecular complexity index is 262. The molecule has 2 heteroatoms. The van der Waals surface area contributed by atoms with E-state index in [2.05, 4.69) is 6.92 Å². The highest BCUT2D eigenvalue weighted by atomic mass is 16.4. The molecule has 0 saturated heterocycles. The second-order valence-electron chi connectivity index (χ2n) is 6.99. The number of carbonyl (C=O) groups excluding carboxylic acids is 1. The lowest BCUT2D eigenvalue weighted by atomic mass is 10.0. The molecule has 124 valence electrons. The summed E-state index contributed by atoms with van der Waals surface area (Å²) >= 11 is 0. The minimum Gasteiger partial charge on any atom is -0.550 e. The molecule has 0 spiro atoms. The van der Waals surface area contributed by atoms with Crippen LogP contribution in [0.15, 0.2) is 0 Å². The van der Waals surface area contributed by atoms with E-state index >= 15 is 0 Å². The molecule has 1 aliphatic carbocycles. The van der Waals surface area contributed by atoms with Crippen LogP contribution in [0.5, 0.6) is 0 Å². The first kappa shape index (κ1) is 18.5. The van der Waals surface area contributed by atoms with E-state index in [4.69, 9.17) is 0 Å². The molecule has 0 aromatic heterocycles. The lowest BCUT2D eigenvalue weighted by Gasteiger charge is -2.03. The molecule has 0 aliphatic heterocycles. The van der Waals surface area contributed by atoms with E-state index in [1.165, 1.54) is 77.0 Å². The fourth-order valence-corrected chi connectivity index (χ4v) is 3.41. The van der Waals surface area contributed by atoms with Crippen LogP contribution in [0.3, 0.4) is 0 Å². The molecule has 2 atom stereocenters. The van der Waals surface area contributed by atoms with Gasteiger partial charge in [0.15, 0.2) is 0 Å². The van der Waals surface area contributed by atoms with Crippen molar-refractivity contribution in [3.63, 3.8) is 0 Å². The fourth-order valence-electron chi connectivity index (χ4n) is 3.41. The van der Waals surface area contributed by atoms with Crippen LogP contribution in [0, 0.1) is 11.8 Å². The van der Waals surface area contributed by atoms with Crippen molar-refractivity contribution in [3.05, 3.63) is 0 Å². The molecule has 1 fully saturated rings. The summed E-state index contributed by atoms with van der Waals surface area (Å²) in [4.78, 5) is 10.3. The first-order valence-corrected chi connectivity index (χ1v) is 9.44. The maximum atomic E-state index is 10.3. The van der Waals surface area contributed by atoms with Crippen molar-refractivity contribution in [2.75, 3.05) is 0 Å². The molecule has 0 radical (unpaired) electrons. The van der Waals surface area contributed by atoms with Gasteiger partial charge in [-0.05, 0) is 31.1 Å². The van der Waals surface area contributed by atoms with E-state index in [1.54, 1.807) is 0 Å². The van der Waals surface area contributed by atoms with Crippen molar-refractivity contribution in [1.29, 1.82) is 0 Å². The average molecular weight is 295 g/mol. The molecule has 0 aromatic rings. The number of hydrogen-bond acceptors (Lipinski definition) is 2. The molecule has 0 bridgehead atoms. The van der Waals surface area contributed by atoms with Crippen molar-refractivity contribution < 1.29 is 9.90 Å². The molecule has 21 heavy (non-hydrogen) atoms. The Morgan fingerprint density at radius 3 is 1.81 bits per heavy atom. The standard InChI is InChI=1S/C19H36O2/c1-2-3-4-10-13-17-16-18(17)14-11-8-6-5-7-9-12-15-19(20)21/h17-18H,2-16H2,1H3,(H,20,21)/p-1. The van der Waals surface area contributed by atoms with E-state index in [0.29, 0.717) is 0 Å². The predicted octanol–water partition coefficient (Wildman–Crippen LogP) is 4.85. The smallest absolute Gasteiger partial charge is 0.0414 e. The first-order chi connectivity index (χ1) is 10.2. The Balaban J connectivity index is 1.75. The van der Waals surface area contributed by atoms with Gasteiger partial charge in [-0.3, -0.25) is 0 Å². The van der Waals surface area contributed by atoms with Crippen LogP contribution in [-0.4, -0.2) is 5.97 Å². The van der Waals surface area contributed by atoms with Gasteiger partial charge in [0, 0.05) is 5.97 Å². The Kier molecular flexibility index (Phi) is 10.6. The molecule has 1 saturated carbocycles. The van der Waals surface area contributed by atoms with E-state index < -0.39 is 5.97 Å². The molecular weight excluding hydrogens is 260 g/mol. The second-order valence-corrected chi connectivity index (χ2v) is 6.99. The zero-order valence-corrected chi connectivity index (χ0v) is 14.1. The summed E-state index contributed by atoms with van der Waals surface area (Å²) in [6, 6.07) is 0. The van der Waals surface area contributed by atoms with E-state index in [9.17, 15) is 9.90 Å². The lowest BCUT2D eigenvalue weighted by molar-refractivity contribution is -0.305. The Morgan fingerprint density at radius 2 is 1.29 bits per heavy atom. The van der Waals surface area contributed by atoms with Crippen LogP contribution in [0.1, 0.15) is 103 Å². The van der Waals surface area contributed by atoms with Crippen molar-refractivity contribution in [1.82, 2.24) is 0 Å². The van der Waals surface area contributed by atoms with Crippen LogP contribution in [0.25, 0.3) is 0 Å². The largest absolute Gasteiger partial charge is 0.550 e. The summed E-state index contributed by atoms with van der Waals surface area (Å²) < 4.78 is 0. The van der Waals surface area contributed by atoms with Gasteiger partial charge in [-0.2, -0.15) is 0 Å². The maximum absolute atomic E-state index is 10.3. The quantitative estimate of drug-likeness (QED) is 0.405. The molecule has 2 unspecified atom stereocenters. The zero-order valence-electron chi connectivity index (χ0n) is 14.1. The molecule has 0 aromatic carbocycles. The van der Waals surface area contributed by atoms with Gasteiger partial charge in [-0.1, -0.05) is 84.0 Å². The van der Waals surface area contributed by atoms with Crippen LogP contribution in [-0.2, 0) is 4.79 Å². The number of aliphatic carboxylic acids is 1. The molecular formula is C19H35O2-. The van der Waals surface area contributed by atoms with Crippen LogP contribution in [0.2, 0.25) is 0 Å². The normalized spacial score (nSPS) is 20.6. The SMILES string of the molecule is CCCCCCC1CC1CCCCCCCCCC(=O)[O-]. The summed E-state index contributed by atoms with van der Waals surface area (Å²) in [5.74, 6) is 1.24. The summed E-state index contributed by atoms with van der Waals surface area (Å²) in [5.41, 5.74) is 0. The number of carbonyl (C=O) groups is 1. The third kappa shape index (κ3) is 10.8. The van der Waals surface area contributed by atoms with Gasteiger partial charge < -0.3 is 9.90 Å². The van der Waals surface area contributed by atoms with Crippen molar-refractivity contribution in [2.45, 2.75) is 103 Å². The predicted molar refractivity (Wildman–Crippen MR) is 86.9 cm³/mol. The minimum absolute atomic E-state index is 0.237. The van der Waals surface area contributed by atoms with Crippen LogP contribution >= 0.6 is 0 Å². The van der Waals surface area contributed by atoms with Crippen molar-refractivity contribution >= 4 is 5.97 Å². The number of unbranched alkanes of at least 4 members (excludes halogenated alkanes) is 9. The maximum Gasteiger partial charge on any atom is 0.0414 e. The van der Waals surface area contributed by atoms with E-state index in [0.717, 1.165) is 24.7 Å². The monoisotopic (exact) mass is 295 g/mol. The van der Waals surface area contributed by atoms with E-state index in [1.807, 2.05) is 0 Å². The highest BCUT2D eigenvalue weighted by Crippen LogP contribution is 2.45. The average Bonchev–Trinajstić information content (AvgIpc) is 3.20. The fraction of sp³-hybridized carbons (Fsp3) is 0.947. The van der Waals surface area contributed by atoms with Crippen LogP contribution < -0.4 is 5.11 Å². The summed E-state index contributed by atoms with van der Waals surface area (Å²) in [6.45, 7) is 2.28. The van der Waals surface area contributed by atoms with Gasteiger partial charge in [0.2, 0.25) is 0 Å². The number of hydrogen-bond donors (Lipinski definition) is 0. The third-order valence-corrected chi connectivity index (χ3v) is 4.95. The Labute approximate surface area is 131 Å². The van der Waals surface area contributed by atoms with Gasteiger partial charge in [0.25, 0.3) is 0 Å². The van der Waals surface area contributed by atoms with E-state index in [-0.39, 0.29) is 6.42 Å². The molecule has 0 N–H and O–H groups in total. The first-order valence-electron chi connectivity index (χ1n) is 9.44. The zero-order chi connectivity index (χ0) is 15.3. The molecule has 0 amide bonds. The van der Waals surface area contributed by atoms with Gasteiger partial charge in [0.1, 0.15) is 0 Å². The minimum atomic E-state index is -0.899. The Morgan fingerprint density at radius 1 is 0.810 bits per heavy atom. The second kappa shape index (κ2) is 12.1. The van der Waals surface area contributed by atoms with Gasteiger partial charge in [-0.15, -0.1) is 0 Å². The highest BCUT2D eigenvalue weighted by molar-refractivity contribution is 5.63. The third-order valence-electron chi connectivity index (χ3n) is 4.95. The van der Waals surface area contributed by atoms with Gasteiger partial charge >= 0.3 is 0 Å². The van der Waals surface area contributed by atoms with Gasteiger partial charge in [-0.25, -0.2) is 0 Å². The summed E-state index contributed by atoms with van der Waals surface area (Å²) in [5, 5.41) is 10.3. The molecule has 2 nitrogen and oxygen atoms in total. The lowest BCUT2D eigenvalue weighted by Crippen LogP contribution is -2.21. The topological polar surface area (TPSA) is 40.1 Å². The van der Waals surface area contributed by atoms with Gasteiger partial charge in [0.05, 0.1) is 0 Å². The highest BCUT2D eigenvalue weighted by Gasteiger charge is 2.34. The van der Waals surface area contributed by atoms with Crippen molar-refractivity contribution in [3.8, 4) is 0 Å².